The van der Waals surface area contributed by atoms with Crippen molar-refractivity contribution in [3.63, 3.8) is 0 Å². The Kier molecular flexibility index (Phi) is 3.03. The van der Waals surface area contributed by atoms with Gasteiger partial charge in [-0.1, -0.05) is 18.5 Å². The molecule has 0 bridgehead atoms. The van der Waals surface area contributed by atoms with Crippen molar-refractivity contribution < 1.29 is 14.6 Å². The molecule has 0 saturated carbocycles. The van der Waals surface area contributed by atoms with Gasteiger partial charge in [0.1, 0.15) is 13.2 Å². The van der Waals surface area contributed by atoms with E-state index in [4.69, 9.17) is 21.1 Å². The summed E-state index contributed by atoms with van der Waals surface area (Å²) in [5.74, 6) is 1.20. The van der Waals surface area contributed by atoms with Crippen molar-refractivity contribution in [2.75, 3.05) is 13.2 Å². The predicted octanol–water partition coefficient (Wildman–Crippen LogP) is 2.55. The first-order chi connectivity index (χ1) is 7.22. The van der Waals surface area contributed by atoms with Gasteiger partial charge in [0.25, 0.3) is 0 Å². The van der Waals surface area contributed by atoms with Crippen molar-refractivity contribution in [2.45, 2.75) is 19.4 Å². The van der Waals surface area contributed by atoms with E-state index in [2.05, 4.69) is 0 Å². The standard InChI is InChI=1S/C11H13ClO3/c1-2-9(13)7-5-8(12)11-10(6-7)14-3-4-15-11/h5-6,9,13H,2-4H2,1H3. The Morgan fingerprint density at radius 2 is 2.13 bits per heavy atom. The van der Waals surface area contributed by atoms with E-state index in [1.165, 1.54) is 0 Å². The molecule has 1 aliphatic rings. The fourth-order valence-corrected chi connectivity index (χ4v) is 1.83. The van der Waals surface area contributed by atoms with Gasteiger partial charge in [-0.25, -0.2) is 0 Å². The third kappa shape index (κ3) is 2.03. The highest BCUT2D eigenvalue weighted by Crippen LogP contribution is 2.39. The molecule has 82 valence electrons. The number of aliphatic hydroxyl groups is 1. The highest BCUT2D eigenvalue weighted by atomic mass is 35.5. The zero-order valence-corrected chi connectivity index (χ0v) is 9.25. The average molecular weight is 229 g/mol. The lowest BCUT2D eigenvalue weighted by atomic mass is 10.1. The molecule has 1 aromatic rings. The zero-order valence-electron chi connectivity index (χ0n) is 8.50. The molecule has 2 rings (SSSR count). The lowest BCUT2D eigenvalue weighted by molar-refractivity contribution is 0.162. The Bertz CT molecular complexity index is 365. The van der Waals surface area contributed by atoms with E-state index in [0.717, 1.165) is 5.56 Å². The number of fused-ring (bicyclic) bond motifs is 1. The van der Waals surface area contributed by atoms with Crippen LogP contribution in [0.5, 0.6) is 11.5 Å². The summed E-state index contributed by atoms with van der Waals surface area (Å²) in [4.78, 5) is 0. The highest BCUT2D eigenvalue weighted by Gasteiger charge is 2.18. The molecule has 0 spiro atoms. The van der Waals surface area contributed by atoms with E-state index in [1.54, 1.807) is 12.1 Å². The van der Waals surface area contributed by atoms with Crippen LogP contribution in [-0.4, -0.2) is 18.3 Å². The van der Waals surface area contributed by atoms with Crippen molar-refractivity contribution >= 4 is 11.6 Å². The molecule has 1 atom stereocenters. The van der Waals surface area contributed by atoms with E-state index in [1.807, 2.05) is 6.92 Å². The number of aliphatic hydroxyl groups excluding tert-OH is 1. The molecule has 0 fully saturated rings. The number of hydrogen-bond donors (Lipinski definition) is 1. The number of halogens is 1. The summed E-state index contributed by atoms with van der Waals surface area (Å²) in [7, 11) is 0. The van der Waals surface area contributed by atoms with Crippen LogP contribution in [0.2, 0.25) is 5.02 Å². The van der Waals surface area contributed by atoms with E-state index in [-0.39, 0.29) is 0 Å². The predicted molar refractivity (Wildman–Crippen MR) is 57.7 cm³/mol. The third-order valence-electron chi connectivity index (χ3n) is 2.39. The number of hydrogen-bond acceptors (Lipinski definition) is 3. The smallest absolute Gasteiger partial charge is 0.179 e. The summed E-state index contributed by atoms with van der Waals surface area (Å²) in [6, 6.07) is 3.51. The minimum absolute atomic E-state index is 0.495. The van der Waals surface area contributed by atoms with E-state index < -0.39 is 6.10 Å². The van der Waals surface area contributed by atoms with Crippen molar-refractivity contribution in [3.8, 4) is 11.5 Å². The summed E-state index contributed by atoms with van der Waals surface area (Å²) in [5.41, 5.74) is 0.770. The van der Waals surface area contributed by atoms with Gasteiger partial charge >= 0.3 is 0 Å². The number of ether oxygens (including phenoxy) is 2. The summed E-state index contributed by atoms with van der Waals surface area (Å²) in [6.45, 7) is 2.95. The molecule has 0 saturated heterocycles. The molecule has 3 nitrogen and oxygen atoms in total. The first kappa shape index (κ1) is 10.6. The van der Waals surface area contributed by atoms with Crippen molar-refractivity contribution in [1.82, 2.24) is 0 Å². The van der Waals surface area contributed by atoms with Crippen LogP contribution in [0, 0.1) is 0 Å². The van der Waals surface area contributed by atoms with Gasteiger partial charge in [0.05, 0.1) is 11.1 Å². The Balaban J connectivity index is 2.40. The van der Waals surface area contributed by atoms with Crippen LogP contribution in [-0.2, 0) is 0 Å². The van der Waals surface area contributed by atoms with Gasteiger partial charge in [0, 0.05) is 0 Å². The maximum atomic E-state index is 9.70. The Morgan fingerprint density at radius 1 is 1.40 bits per heavy atom. The van der Waals surface area contributed by atoms with Crippen LogP contribution in [0.1, 0.15) is 25.0 Å². The molecule has 0 aromatic heterocycles. The molecule has 1 aliphatic heterocycles. The minimum atomic E-state index is -0.502. The number of benzene rings is 1. The molecular weight excluding hydrogens is 216 g/mol. The fraction of sp³-hybridized carbons (Fsp3) is 0.455. The third-order valence-corrected chi connectivity index (χ3v) is 2.67. The van der Waals surface area contributed by atoms with Gasteiger partial charge in [-0.15, -0.1) is 0 Å². The maximum absolute atomic E-state index is 9.70. The van der Waals surface area contributed by atoms with E-state index in [9.17, 15) is 5.11 Å². The van der Waals surface area contributed by atoms with E-state index in [0.29, 0.717) is 36.2 Å². The van der Waals surface area contributed by atoms with Gasteiger partial charge in [-0.05, 0) is 24.1 Å². The SMILES string of the molecule is CCC(O)c1cc(Cl)c2c(c1)OCCO2. The topological polar surface area (TPSA) is 38.7 Å². The first-order valence-electron chi connectivity index (χ1n) is 4.99. The number of rotatable bonds is 2. The van der Waals surface area contributed by atoms with Gasteiger partial charge in [0.2, 0.25) is 0 Å². The second-order valence-corrected chi connectivity index (χ2v) is 3.86. The van der Waals surface area contributed by atoms with Crippen molar-refractivity contribution in [2.24, 2.45) is 0 Å². The lowest BCUT2D eigenvalue weighted by Gasteiger charge is -2.21. The normalized spacial score (nSPS) is 16.2. The molecule has 15 heavy (non-hydrogen) atoms. The summed E-state index contributed by atoms with van der Waals surface area (Å²) in [5, 5.41) is 10.2. The average Bonchev–Trinajstić information content (AvgIpc) is 2.28. The summed E-state index contributed by atoms with van der Waals surface area (Å²) >= 11 is 6.03. The summed E-state index contributed by atoms with van der Waals surface area (Å²) in [6.07, 6.45) is 0.147. The molecule has 0 amide bonds. The van der Waals surface area contributed by atoms with Crippen LogP contribution < -0.4 is 9.47 Å². The Labute approximate surface area is 93.6 Å². The molecule has 1 unspecified atom stereocenters. The summed E-state index contributed by atoms with van der Waals surface area (Å²) < 4.78 is 10.8. The molecule has 0 aliphatic carbocycles. The quantitative estimate of drug-likeness (QED) is 0.846. The van der Waals surface area contributed by atoms with Crippen LogP contribution in [0.3, 0.4) is 0 Å². The van der Waals surface area contributed by atoms with Gasteiger partial charge in [-0.3, -0.25) is 0 Å². The van der Waals surface area contributed by atoms with Gasteiger partial charge in [0.15, 0.2) is 11.5 Å². The molecular formula is C11H13ClO3. The maximum Gasteiger partial charge on any atom is 0.179 e. The van der Waals surface area contributed by atoms with Crippen LogP contribution in [0.25, 0.3) is 0 Å². The van der Waals surface area contributed by atoms with E-state index >= 15 is 0 Å². The monoisotopic (exact) mass is 228 g/mol. The first-order valence-corrected chi connectivity index (χ1v) is 5.37. The zero-order chi connectivity index (χ0) is 10.8. The highest BCUT2D eigenvalue weighted by molar-refractivity contribution is 6.32. The van der Waals surface area contributed by atoms with Crippen LogP contribution >= 0.6 is 11.6 Å². The Hall–Kier alpha value is -0.930. The van der Waals surface area contributed by atoms with Gasteiger partial charge < -0.3 is 14.6 Å². The van der Waals surface area contributed by atoms with Crippen LogP contribution in [0.15, 0.2) is 12.1 Å². The molecule has 1 N–H and O–H groups in total. The fourth-order valence-electron chi connectivity index (χ4n) is 1.56. The second kappa shape index (κ2) is 4.29. The lowest BCUT2D eigenvalue weighted by Crippen LogP contribution is -2.16. The molecule has 1 aromatic carbocycles. The molecule has 0 radical (unpaired) electrons. The van der Waals surface area contributed by atoms with Gasteiger partial charge in [-0.2, -0.15) is 0 Å². The largest absolute Gasteiger partial charge is 0.486 e. The minimum Gasteiger partial charge on any atom is -0.486 e. The van der Waals surface area contributed by atoms with Crippen molar-refractivity contribution in [3.05, 3.63) is 22.7 Å². The van der Waals surface area contributed by atoms with Crippen molar-refractivity contribution in [1.29, 1.82) is 0 Å². The Morgan fingerprint density at radius 3 is 2.87 bits per heavy atom. The van der Waals surface area contributed by atoms with Crippen LogP contribution in [0.4, 0.5) is 0 Å². The molecule has 1 heterocycles. The molecule has 4 heteroatoms. The second-order valence-electron chi connectivity index (χ2n) is 3.45.